The average molecular weight is 231 g/mol. The normalized spacial score (nSPS) is 28.1. The highest BCUT2D eigenvalue weighted by molar-refractivity contribution is 5.61. The number of hydrogen-bond acceptors (Lipinski definition) is 3. The molecule has 0 aromatic heterocycles. The average Bonchev–Trinajstić information content (AvgIpc) is 2.87. The van der Waals surface area contributed by atoms with Gasteiger partial charge >= 0.3 is 0 Å². The van der Waals surface area contributed by atoms with Gasteiger partial charge in [0, 0.05) is 37.9 Å². The maximum atomic E-state index is 6.08. The maximum Gasteiger partial charge on any atom is 0.0419 e. The monoisotopic (exact) mass is 231 g/mol. The van der Waals surface area contributed by atoms with E-state index < -0.39 is 0 Å². The Hall–Kier alpha value is -1.06. The summed E-state index contributed by atoms with van der Waals surface area (Å²) >= 11 is 0. The number of rotatable bonds is 2. The Morgan fingerprint density at radius 1 is 1.41 bits per heavy atom. The van der Waals surface area contributed by atoms with Crippen LogP contribution < -0.4 is 11.1 Å². The van der Waals surface area contributed by atoms with Crippen LogP contribution in [0.4, 0.5) is 5.69 Å². The molecular weight excluding hydrogens is 210 g/mol. The minimum absolute atomic E-state index is 0.347. The van der Waals surface area contributed by atoms with Gasteiger partial charge < -0.3 is 11.1 Å². The van der Waals surface area contributed by atoms with Crippen molar-refractivity contribution >= 4 is 5.69 Å². The predicted molar refractivity (Wildman–Crippen MR) is 71.1 cm³/mol. The largest absolute Gasteiger partial charge is 0.384 e. The summed E-state index contributed by atoms with van der Waals surface area (Å²) in [5.41, 5.74) is 10.4. The number of likely N-dealkylation sites (tertiary alicyclic amines) is 1. The van der Waals surface area contributed by atoms with E-state index in [2.05, 4.69) is 35.3 Å². The second-order valence-electron chi connectivity index (χ2n) is 5.46. The fourth-order valence-corrected chi connectivity index (χ4v) is 3.01. The van der Waals surface area contributed by atoms with Gasteiger partial charge in [-0.1, -0.05) is 25.1 Å². The molecule has 1 aromatic carbocycles. The van der Waals surface area contributed by atoms with E-state index in [1.807, 2.05) is 0 Å². The smallest absolute Gasteiger partial charge is 0.0419 e. The zero-order valence-electron chi connectivity index (χ0n) is 10.4. The van der Waals surface area contributed by atoms with Gasteiger partial charge in [0.05, 0.1) is 0 Å². The van der Waals surface area contributed by atoms with Crippen LogP contribution in [0, 0.1) is 5.92 Å². The lowest BCUT2D eigenvalue weighted by Crippen LogP contribution is -2.28. The predicted octanol–water partition coefficient (Wildman–Crippen LogP) is 1.43. The van der Waals surface area contributed by atoms with Crippen LogP contribution in [-0.2, 0) is 13.0 Å². The molecule has 92 valence electrons. The standard InChI is InChI=1S/C14H21N3/c1-10-7-17(9-13(10)15)8-12-4-2-3-11-5-6-16-14(11)12/h2-4,10,13,16H,5-9,15H2,1H3. The number of benzene rings is 1. The molecule has 1 aromatic rings. The van der Waals surface area contributed by atoms with Gasteiger partial charge in [-0.05, 0) is 23.5 Å². The van der Waals surface area contributed by atoms with E-state index in [4.69, 9.17) is 5.73 Å². The van der Waals surface area contributed by atoms with Crippen molar-refractivity contribution in [3.8, 4) is 0 Å². The van der Waals surface area contributed by atoms with Gasteiger partial charge in [0.1, 0.15) is 0 Å². The van der Waals surface area contributed by atoms with E-state index in [1.54, 1.807) is 0 Å². The Kier molecular flexibility index (Phi) is 2.81. The Morgan fingerprint density at radius 3 is 3.06 bits per heavy atom. The van der Waals surface area contributed by atoms with Crippen LogP contribution in [0.2, 0.25) is 0 Å². The van der Waals surface area contributed by atoms with Crippen molar-refractivity contribution in [3.05, 3.63) is 29.3 Å². The van der Waals surface area contributed by atoms with Crippen LogP contribution in [0.15, 0.2) is 18.2 Å². The quantitative estimate of drug-likeness (QED) is 0.809. The van der Waals surface area contributed by atoms with E-state index in [9.17, 15) is 0 Å². The number of fused-ring (bicyclic) bond motifs is 1. The van der Waals surface area contributed by atoms with Crippen LogP contribution >= 0.6 is 0 Å². The van der Waals surface area contributed by atoms with Gasteiger partial charge in [-0.15, -0.1) is 0 Å². The van der Waals surface area contributed by atoms with Crippen molar-refractivity contribution in [2.75, 3.05) is 25.0 Å². The third-order valence-electron chi connectivity index (χ3n) is 4.07. The van der Waals surface area contributed by atoms with Crippen LogP contribution in [-0.4, -0.2) is 30.6 Å². The van der Waals surface area contributed by atoms with Crippen molar-refractivity contribution in [2.45, 2.75) is 25.9 Å². The molecular formula is C14H21N3. The van der Waals surface area contributed by atoms with Gasteiger partial charge in [-0.3, -0.25) is 4.90 Å². The molecule has 0 aliphatic carbocycles. The molecule has 3 N–H and O–H groups in total. The lowest BCUT2D eigenvalue weighted by atomic mass is 10.1. The van der Waals surface area contributed by atoms with Gasteiger partial charge in [0.15, 0.2) is 0 Å². The molecule has 2 atom stereocenters. The Labute approximate surface area is 103 Å². The first kappa shape index (κ1) is 11.1. The first-order valence-electron chi connectivity index (χ1n) is 6.56. The number of hydrogen-bond donors (Lipinski definition) is 2. The molecule has 2 heterocycles. The molecule has 2 unspecified atom stereocenters. The molecule has 3 heteroatoms. The molecule has 0 saturated carbocycles. The number of nitrogens with zero attached hydrogens (tertiary/aromatic N) is 1. The third kappa shape index (κ3) is 2.05. The molecule has 0 amide bonds. The highest BCUT2D eigenvalue weighted by Crippen LogP contribution is 2.28. The summed E-state index contributed by atoms with van der Waals surface area (Å²) in [4.78, 5) is 2.48. The number of nitrogens with two attached hydrogens (primary N) is 1. The van der Waals surface area contributed by atoms with Crippen molar-refractivity contribution < 1.29 is 0 Å². The van der Waals surface area contributed by atoms with Crippen molar-refractivity contribution in [3.63, 3.8) is 0 Å². The van der Waals surface area contributed by atoms with E-state index in [-0.39, 0.29) is 0 Å². The van der Waals surface area contributed by atoms with Gasteiger partial charge in [0.2, 0.25) is 0 Å². The van der Waals surface area contributed by atoms with E-state index in [0.717, 1.165) is 26.2 Å². The van der Waals surface area contributed by atoms with E-state index >= 15 is 0 Å². The molecule has 0 bridgehead atoms. The lowest BCUT2D eigenvalue weighted by Gasteiger charge is -2.17. The summed E-state index contributed by atoms with van der Waals surface area (Å²) in [6, 6.07) is 7.00. The molecule has 3 nitrogen and oxygen atoms in total. The number of para-hydroxylation sites is 1. The van der Waals surface area contributed by atoms with Crippen molar-refractivity contribution in [1.29, 1.82) is 0 Å². The Balaban J connectivity index is 1.76. The SMILES string of the molecule is CC1CN(Cc2cccc3c2NCC3)CC1N. The molecule has 2 aliphatic heterocycles. The topological polar surface area (TPSA) is 41.3 Å². The molecule has 1 saturated heterocycles. The Bertz CT molecular complexity index is 406. The summed E-state index contributed by atoms with van der Waals surface area (Å²) < 4.78 is 0. The third-order valence-corrected chi connectivity index (χ3v) is 4.07. The molecule has 1 fully saturated rings. The maximum absolute atomic E-state index is 6.08. The fourth-order valence-electron chi connectivity index (χ4n) is 3.01. The van der Waals surface area contributed by atoms with Crippen molar-refractivity contribution in [1.82, 2.24) is 4.90 Å². The molecule has 0 spiro atoms. The van der Waals surface area contributed by atoms with Gasteiger partial charge in [-0.25, -0.2) is 0 Å². The molecule has 3 rings (SSSR count). The summed E-state index contributed by atoms with van der Waals surface area (Å²) in [6.45, 7) is 6.53. The second kappa shape index (κ2) is 4.31. The number of nitrogens with one attached hydrogen (secondary N) is 1. The minimum atomic E-state index is 0.347. The highest BCUT2D eigenvalue weighted by Gasteiger charge is 2.27. The Morgan fingerprint density at radius 2 is 2.29 bits per heavy atom. The van der Waals surface area contributed by atoms with E-state index in [0.29, 0.717) is 12.0 Å². The van der Waals surface area contributed by atoms with Gasteiger partial charge in [-0.2, -0.15) is 0 Å². The van der Waals surface area contributed by atoms with Gasteiger partial charge in [0.25, 0.3) is 0 Å². The lowest BCUT2D eigenvalue weighted by molar-refractivity contribution is 0.319. The summed E-state index contributed by atoms with van der Waals surface area (Å²) in [6.07, 6.45) is 1.17. The fraction of sp³-hybridized carbons (Fsp3) is 0.571. The highest BCUT2D eigenvalue weighted by atomic mass is 15.2. The zero-order chi connectivity index (χ0) is 11.8. The molecule has 17 heavy (non-hydrogen) atoms. The van der Waals surface area contributed by atoms with Crippen LogP contribution in [0.5, 0.6) is 0 Å². The first-order chi connectivity index (χ1) is 8.24. The molecule has 2 aliphatic rings. The van der Waals surface area contributed by atoms with Crippen LogP contribution in [0.1, 0.15) is 18.1 Å². The second-order valence-corrected chi connectivity index (χ2v) is 5.46. The summed E-state index contributed by atoms with van der Waals surface area (Å²) in [5, 5.41) is 3.51. The summed E-state index contributed by atoms with van der Waals surface area (Å²) in [5.74, 6) is 0.625. The van der Waals surface area contributed by atoms with Crippen molar-refractivity contribution in [2.24, 2.45) is 11.7 Å². The van der Waals surface area contributed by atoms with E-state index in [1.165, 1.54) is 23.2 Å². The first-order valence-corrected chi connectivity index (χ1v) is 6.56. The molecule has 0 radical (unpaired) electrons. The number of anilines is 1. The van der Waals surface area contributed by atoms with Crippen LogP contribution in [0.3, 0.4) is 0 Å². The summed E-state index contributed by atoms with van der Waals surface area (Å²) in [7, 11) is 0. The van der Waals surface area contributed by atoms with Crippen LogP contribution in [0.25, 0.3) is 0 Å². The zero-order valence-corrected chi connectivity index (χ0v) is 10.4. The minimum Gasteiger partial charge on any atom is -0.384 e.